The molecule has 1 aromatic carbocycles. The predicted molar refractivity (Wildman–Crippen MR) is 85.1 cm³/mol. The van der Waals surface area contributed by atoms with Crippen molar-refractivity contribution in [1.82, 2.24) is 20.9 Å². The molecule has 2 aliphatic heterocycles. The second-order valence-electron chi connectivity index (χ2n) is 5.33. The molecule has 2 saturated heterocycles. The van der Waals surface area contributed by atoms with Crippen LogP contribution in [0, 0.1) is 17.3 Å². The van der Waals surface area contributed by atoms with E-state index in [4.69, 9.17) is 5.41 Å². The van der Waals surface area contributed by atoms with Gasteiger partial charge in [0.05, 0.1) is 0 Å². The highest BCUT2D eigenvalue weighted by Gasteiger charge is 2.27. The summed E-state index contributed by atoms with van der Waals surface area (Å²) >= 11 is 0. The average molecular weight is 311 g/mol. The Bertz CT molecular complexity index is 695. The van der Waals surface area contributed by atoms with Crippen LogP contribution in [0.1, 0.15) is 11.1 Å². The van der Waals surface area contributed by atoms with Crippen molar-refractivity contribution >= 4 is 17.8 Å². The van der Waals surface area contributed by atoms with Gasteiger partial charge < -0.3 is 15.5 Å². The number of hydrogen-bond donors (Lipinski definition) is 4. The van der Waals surface area contributed by atoms with E-state index in [0.717, 1.165) is 37.3 Å². The van der Waals surface area contributed by atoms with Crippen LogP contribution in [0.25, 0.3) is 0 Å². The van der Waals surface area contributed by atoms with E-state index in [9.17, 15) is 9.59 Å². The normalized spacial score (nSPS) is 20.3. The van der Waals surface area contributed by atoms with Gasteiger partial charge in [0.2, 0.25) is 0 Å². The first-order chi connectivity index (χ1) is 11.1. The number of urea groups is 1. The van der Waals surface area contributed by atoms with Crippen molar-refractivity contribution in [2.75, 3.05) is 26.2 Å². The zero-order valence-corrected chi connectivity index (χ0v) is 12.5. The van der Waals surface area contributed by atoms with Crippen molar-refractivity contribution in [2.45, 2.75) is 6.04 Å². The average Bonchev–Trinajstić information content (AvgIpc) is 2.91. The standard InChI is InChI=1S/C16H17N5O2/c17-14(21-9-7-18-8-10-21)12-4-1-11(2-5-12)3-6-13-15(22)20-16(23)19-13/h1-2,4-5,13,17-18H,7-10H2,(H2,19,20,22,23). The molecule has 2 fully saturated rings. The lowest BCUT2D eigenvalue weighted by Gasteiger charge is -2.29. The molecule has 0 saturated carbocycles. The molecule has 2 heterocycles. The summed E-state index contributed by atoms with van der Waals surface area (Å²) in [5.74, 6) is 5.66. The van der Waals surface area contributed by atoms with Gasteiger partial charge in [-0.25, -0.2) is 4.79 Å². The van der Waals surface area contributed by atoms with E-state index in [1.165, 1.54) is 0 Å². The van der Waals surface area contributed by atoms with Crippen LogP contribution in [-0.4, -0.2) is 54.9 Å². The smallest absolute Gasteiger partial charge is 0.322 e. The van der Waals surface area contributed by atoms with Crippen molar-refractivity contribution in [2.24, 2.45) is 0 Å². The molecule has 0 radical (unpaired) electrons. The van der Waals surface area contributed by atoms with Crippen LogP contribution in [0.4, 0.5) is 4.79 Å². The second-order valence-corrected chi connectivity index (χ2v) is 5.33. The number of hydrogen-bond acceptors (Lipinski definition) is 4. The van der Waals surface area contributed by atoms with Gasteiger partial charge >= 0.3 is 6.03 Å². The van der Waals surface area contributed by atoms with Crippen LogP contribution >= 0.6 is 0 Å². The van der Waals surface area contributed by atoms with E-state index in [1.54, 1.807) is 0 Å². The van der Waals surface area contributed by atoms with Gasteiger partial charge in [-0.05, 0) is 12.1 Å². The number of carbonyl (C=O) groups excluding carboxylic acids is 2. The molecule has 1 aromatic rings. The fraction of sp³-hybridized carbons (Fsp3) is 0.312. The molecule has 23 heavy (non-hydrogen) atoms. The van der Waals surface area contributed by atoms with Gasteiger partial charge in [-0.15, -0.1) is 0 Å². The largest absolute Gasteiger partial charge is 0.354 e. The highest BCUT2D eigenvalue weighted by molar-refractivity contribution is 6.05. The van der Waals surface area contributed by atoms with Crippen LogP contribution in [-0.2, 0) is 4.79 Å². The number of piperazine rings is 1. The number of benzene rings is 1. The molecule has 7 nitrogen and oxygen atoms in total. The molecule has 3 rings (SSSR count). The molecule has 0 aliphatic carbocycles. The zero-order valence-electron chi connectivity index (χ0n) is 12.5. The van der Waals surface area contributed by atoms with Crippen LogP contribution in [0.3, 0.4) is 0 Å². The van der Waals surface area contributed by atoms with Gasteiger partial charge in [0.15, 0.2) is 6.04 Å². The Morgan fingerprint density at radius 2 is 1.87 bits per heavy atom. The van der Waals surface area contributed by atoms with Gasteiger partial charge in [0.1, 0.15) is 5.84 Å². The minimum absolute atomic E-state index is 0.431. The highest BCUT2D eigenvalue weighted by Crippen LogP contribution is 2.08. The molecule has 118 valence electrons. The van der Waals surface area contributed by atoms with Gasteiger partial charge in [-0.3, -0.25) is 15.5 Å². The maximum absolute atomic E-state index is 11.4. The summed E-state index contributed by atoms with van der Waals surface area (Å²) in [5.41, 5.74) is 1.57. The molecule has 2 aliphatic rings. The topological polar surface area (TPSA) is 97.3 Å². The maximum Gasteiger partial charge on any atom is 0.322 e. The van der Waals surface area contributed by atoms with Gasteiger partial charge in [-0.2, -0.15) is 0 Å². The molecular weight excluding hydrogens is 294 g/mol. The lowest BCUT2D eigenvalue weighted by Crippen LogP contribution is -2.46. The third-order valence-electron chi connectivity index (χ3n) is 3.73. The Kier molecular flexibility index (Phi) is 4.26. The van der Waals surface area contributed by atoms with Gasteiger partial charge in [-0.1, -0.05) is 24.0 Å². The van der Waals surface area contributed by atoms with Crippen molar-refractivity contribution < 1.29 is 9.59 Å². The lowest BCUT2D eigenvalue weighted by atomic mass is 10.1. The minimum Gasteiger partial charge on any atom is -0.354 e. The first kappa shape index (κ1) is 15.1. The number of nitrogens with zero attached hydrogens (tertiary/aromatic N) is 1. The number of amides is 3. The third-order valence-corrected chi connectivity index (χ3v) is 3.73. The Balaban J connectivity index is 1.66. The van der Waals surface area contributed by atoms with E-state index in [-0.39, 0.29) is 0 Å². The first-order valence-electron chi connectivity index (χ1n) is 7.41. The summed E-state index contributed by atoms with van der Waals surface area (Å²) in [6.07, 6.45) is 0. The molecule has 0 spiro atoms. The van der Waals surface area contributed by atoms with Crippen molar-refractivity contribution in [3.63, 3.8) is 0 Å². The lowest BCUT2D eigenvalue weighted by molar-refractivity contribution is -0.119. The number of imide groups is 1. The summed E-state index contributed by atoms with van der Waals surface area (Å²) in [4.78, 5) is 24.4. The van der Waals surface area contributed by atoms with E-state index >= 15 is 0 Å². The van der Waals surface area contributed by atoms with Crippen LogP contribution in [0.15, 0.2) is 24.3 Å². The molecule has 4 N–H and O–H groups in total. The molecular formula is C16H17N5O2. The zero-order chi connectivity index (χ0) is 16.2. The fourth-order valence-corrected chi connectivity index (χ4v) is 2.46. The van der Waals surface area contributed by atoms with E-state index in [1.807, 2.05) is 29.2 Å². The Hall–Kier alpha value is -2.85. The second kappa shape index (κ2) is 6.50. The monoisotopic (exact) mass is 311 g/mol. The molecule has 0 aromatic heterocycles. The minimum atomic E-state index is -0.804. The maximum atomic E-state index is 11.4. The first-order valence-corrected chi connectivity index (χ1v) is 7.41. The fourth-order valence-electron chi connectivity index (χ4n) is 2.46. The number of carbonyl (C=O) groups is 2. The van der Waals surface area contributed by atoms with Crippen molar-refractivity contribution in [1.29, 1.82) is 5.41 Å². The highest BCUT2D eigenvalue weighted by atomic mass is 16.2. The van der Waals surface area contributed by atoms with Crippen molar-refractivity contribution in [3.8, 4) is 11.8 Å². The molecule has 7 heteroatoms. The number of amidine groups is 1. The quantitative estimate of drug-likeness (QED) is 0.243. The number of nitrogens with one attached hydrogen (secondary N) is 4. The summed E-state index contributed by atoms with van der Waals surface area (Å²) in [7, 11) is 0. The van der Waals surface area contributed by atoms with Crippen LogP contribution in [0.2, 0.25) is 0 Å². The summed E-state index contributed by atoms with van der Waals surface area (Å²) in [6, 6.07) is 6.00. The molecule has 1 unspecified atom stereocenters. The number of rotatable bonds is 1. The van der Waals surface area contributed by atoms with E-state index in [0.29, 0.717) is 5.84 Å². The van der Waals surface area contributed by atoms with E-state index < -0.39 is 18.0 Å². The summed E-state index contributed by atoms with van der Waals surface area (Å²) in [6.45, 7) is 3.44. The summed E-state index contributed by atoms with van der Waals surface area (Å²) in [5, 5.41) is 16.1. The van der Waals surface area contributed by atoms with Gasteiger partial charge in [0.25, 0.3) is 5.91 Å². The third kappa shape index (κ3) is 3.49. The van der Waals surface area contributed by atoms with E-state index in [2.05, 4.69) is 27.8 Å². The van der Waals surface area contributed by atoms with Crippen molar-refractivity contribution in [3.05, 3.63) is 35.4 Å². The Morgan fingerprint density at radius 1 is 1.17 bits per heavy atom. The molecule has 3 amide bonds. The Morgan fingerprint density at radius 3 is 2.48 bits per heavy atom. The molecule has 0 bridgehead atoms. The van der Waals surface area contributed by atoms with Crippen LogP contribution in [0.5, 0.6) is 0 Å². The Labute approximate surface area is 133 Å². The van der Waals surface area contributed by atoms with Crippen LogP contribution < -0.4 is 16.0 Å². The predicted octanol–water partition coefficient (Wildman–Crippen LogP) is -0.523. The SMILES string of the molecule is N=C(c1ccc(C#CC2NC(=O)NC2=O)cc1)N1CCNCC1. The van der Waals surface area contributed by atoms with Gasteiger partial charge in [0, 0.05) is 37.3 Å². The summed E-state index contributed by atoms with van der Waals surface area (Å²) < 4.78 is 0. The molecule has 1 atom stereocenters.